The molecule has 140 valence electrons. The summed E-state index contributed by atoms with van der Waals surface area (Å²) in [6, 6.07) is 17.3. The van der Waals surface area contributed by atoms with Crippen LogP contribution in [0.2, 0.25) is 5.02 Å². The second-order valence-electron chi connectivity index (χ2n) is 6.31. The van der Waals surface area contributed by atoms with Gasteiger partial charge in [-0.25, -0.2) is 8.42 Å². The van der Waals surface area contributed by atoms with E-state index in [0.717, 1.165) is 5.56 Å². The average molecular weight is 412 g/mol. The highest BCUT2D eigenvalue weighted by molar-refractivity contribution is 7.91. The van der Waals surface area contributed by atoms with E-state index in [1.165, 1.54) is 30.3 Å². The molecule has 1 N–H and O–H groups in total. The molecule has 1 aliphatic rings. The second kappa shape index (κ2) is 6.89. The van der Waals surface area contributed by atoms with Gasteiger partial charge in [0.2, 0.25) is 9.84 Å². The van der Waals surface area contributed by atoms with E-state index >= 15 is 0 Å². The molecule has 0 aliphatic carbocycles. The molecule has 1 heterocycles. The van der Waals surface area contributed by atoms with Crippen LogP contribution in [0.15, 0.2) is 76.5 Å². The third-order valence-corrected chi connectivity index (χ3v) is 6.82. The molecule has 0 saturated heterocycles. The van der Waals surface area contributed by atoms with Gasteiger partial charge in [0, 0.05) is 28.3 Å². The number of amides is 1. The van der Waals surface area contributed by atoms with E-state index in [9.17, 15) is 18.0 Å². The maximum Gasteiger partial charge on any atom is 0.251 e. The summed E-state index contributed by atoms with van der Waals surface area (Å²) in [5.74, 6) is -0.826. The first-order valence-electron chi connectivity index (χ1n) is 8.44. The van der Waals surface area contributed by atoms with Crippen molar-refractivity contribution in [2.75, 3.05) is 0 Å². The molecule has 0 aromatic heterocycles. The van der Waals surface area contributed by atoms with E-state index in [2.05, 4.69) is 5.32 Å². The summed E-state index contributed by atoms with van der Waals surface area (Å²) in [6.45, 7) is 0.199. The number of nitrogens with one attached hydrogen (secondary N) is 1. The van der Waals surface area contributed by atoms with Gasteiger partial charge in [-0.15, -0.1) is 0 Å². The number of benzene rings is 3. The summed E-state index contributed by atoms with van der Waals surface area (Å²) >= 11 is 6.08. The van der Waals surface area contributed by atoms with Crippen molar-refractivity contribution < 1.29 is 18.0 Å². The standard InChI is InChI=1S/C21H14ClNO4S/c22-17-7-3-1-5-14(17)12-23-21(25)13-9-10-16-19(11-13)28(26,27)18-8-4-2-6-15(18)20(16)24/h1-11H,12H2,(H,23,25). The summed E-state index contributed by atoms with van der Waals surface area (Å²) in [5, 5.41) is 3.24. The number of sulfone groups is 1. The first-order valence-corrected chi connectivity index (χ1v) is 10.3. The zero-order chi connectivity index (χ0) is 19.9. The van der Waals surface area contributed by atoms with Crippen LogP contribution in [0.1, 0.15) is 31.8 Å². The van der Waals surface area contributed by atoms with Crippen molar-refractivity contribution in [1.29, 1.82) is 0 Å². The monoisotopic (exact) mass is 411 g/mol. The molecule has 0 atom stereocenters. The van der Waals surface area contributed by atoms with E-state index in [4.69, 9.17) is 11.6 Å². The zero-order valence-corrected chi connectivity index (χ0v) is 16.0. The van der Waals surface area contributed by atoms with E-state index in [1.807, 2.05) is 6.07 Å². The molecule has 3 aromatic carbocycles. The highest BCUT2D eigenvalue weighted by Crippen LogP contribution is 2.34. The van der Waals surface area contributed by atoms with Crippen LogP contribution < -0.4 is 5.32 Å². The Hall–Kier alpha value is -2.96. The average Bonchev–Trinajstić information content (AvgIpc) is 2.71. The van der Waals surface area contributed by atoms with Crippen molar-refractivity contribution in [3.05, 3.63) is 94.0 Å². The SMILES string of the molecule is O=C(NCc1ccccc1Cl)c1ccc2c(c1)S(=O)(=O)c1ccccc1C2=O. The fraction of sp³-hybridized carbons (Fsp3) is 0.0476. The second-order valence-corrected chi connectivity index (χ2v) is 8.61. The van der Waals surface area contributed by atoms with Crippen LogP contribution in [0.3, 0.4) is 0 Å². The molecule has 4 rings (SSSR count). The molecular formula is C21H14ClNO4S. The normalized spacial score (nSPS) is 14.1. The molecule has 3 aromatic rings. The molecule has 0 unspecified atom stereocenters. The Bertz CT molecular complexity index is 1230. The summed E-state index contributed by atoms with van der Waals surface area (Å²) in [4.78, 5) is 25.0. The highest BCUT2D eigenvalue weighted by Gasteiger charge is 2.34. The van der Waals surface area contributed by atoms with Gasteiger partial charge < -0.3 is 5.32 Å². The molecule has 1 amide bonds. The van der Waals surface area contributed by atoms with Crippen LogP contribution in [0.25, 0.3) is 0 Å². The summed E-state index contributed by atoms with van der Waals surface area (Å²) in [7, 11) is -3.89. The number of hydrogen-bond donors (Lipinski definition) is 1. The zero-order valence-electron chi connectivity index (χ0n) is 14.5. The number of halogens is 1. The Morgan fingerprint density at radius 3 is 2.36 bits per heavy atom. The lowest BCUT2D eigenvalue weighted by molar-refractivity contribution is 0.0948. The number of ketones is 1. The van der Waals surface area contributed by atoms with Crippen LogP contribution in [0, 0.1) is 0 Å². The molecule has 0 radical (unpaired) electrons. The van der Waals surface area contributed by atoms with Gasteiger partial charge in [0.15, 0.2) is 5.78 Å². The number of carbonyl (C=O) groups is 2. The Balaban J connectivity index is 1.67. The Morgan fingerprint density at radius 2 is 1.57 bits per heavy atom. The van der Waals surface area contributed by atoms with Crippen LogP contribution in [0.5, 0.6) is 0 Å². The van der Waals surface area contributed by atoms with Gasteiger partial charge in [-0.1, -0.05) is 41.9 Å². The lowest BCUT2D eigenvalue weighted by Gasteiger charge is -2.19. The van der Waals surface area contributed by atoms with Crippen LogP contribution in [-0.2, 0) is 16.4 Å². The molecule has 0 fully saturated rings. The molecule has 28 heavy (non-hydrogen) atoms. The largest absolute Gasteiger partial charge is 0.348 e. The predicted molar refractivity (Wildman–Crippen MR) is 104 cm³/mol. The number of carbonyl (C=O) groups excluding carboxylic acids is 2. The molecule has 0 saturated carbocycles. The lowest BCUT2D eigenvalue weighted by Crippen LogP contribution is -2.25. The molecule has 0 spiro atoms. The van der Waals surface area contributed by atoms with Crippen molar-refractivity contribution in [1.82, 2.24) is 5.32 Å². The van der Waals surface area contributed by atoms with E-state index in [-0.39, 0.29) is 38.8 Å². The van der Waals surface area contributed by atoms with Gasteiger partial charge in [-0.2, -0.15) is 0 Å². The molecule has 0 bridgehead atoms. The van der Waals surface area contributed by atoms with E-state index in [1.54, 1.807) is 30.3 Å². The van der Waals surface area contributed by atoms with Crippen LogP contribution >= 0.6 is 11.6 Å². The highest BCUT2D eigenvalue weighted by atomic mass is 35.5. The molecular weight excluding hydrogens is 398 g/mol. The lowest BCUT2D eigenvalue weighted by atomic mass is 10.0. The Kier molecular flexibility index (Phi) is 4.53. The van der Waals surface area contributed by atoms with Gasteiger partial charge >= 0.3 is 0 Å². The topological polar surface area (TPSA) is 80.3 Å². The summed E-state index contributed by atoms with van der Waals surface area (Å²) in [6.07, 6.45) is 0. The number of hydrogen-bond acceptors (Lipinski definition) is 4. The van der Waals surface area contributed by atoms with Crippen molar-refractivity contribution >= 4 is 33.1 Å². The fourth-order valence-electron chi connectivity index (χ4n) is 3.14. The number of rotatable bonds is 3. The van der Waals surface area contributed by atoms with Crippen LogP contribution in [0.4, 0.5) is 0 Å². The minimum Gasteiger partial charge on any atom is -0.348 e. The fourth-order valence-corrected chi connectivity index (χ4v) is 5.02. The van der Waals surface area contributed by atoms with E-state index in [0.29, 0.717) is 5.02 Å². The Labute approximate surface area is 166 Å². The first-order chi connectivity index (χ1) is 13.4. The van der Waals surface area contributed by atoms with Gasteiger partial charge in [-0.3, -0.25) is 9.59 Å². The predicted octanol–water partition coefficient (Wildman–Crippen LogP) is 3.65. The maximum atomic E-state index is 12.9. The van der Waals surface area contributed by atoms with Crippen LogP contribution in [-0.4, -0.2) is 20.1 Å². The summed E-state index contributed by atoms with van der Waals surface area (Å²) < 4.78 is 25.9. The third kappa shape index (κ3) is 3.00. The van der Waals surface area contributed by atoms with E-state index < -0.39 is 15.7 Å². The number of fused-ring (bicyclic) bond motifs is 2. The third-order valence-electron chi connectivity index (χ3n) is 4.60. The van der Waals surface area contributed by atoms with Gasteiger partial charge in [0.25, 0.3) is 5.91 Å². The first kappa shape index (κ1) is 18.4. The Morgan fingerprint density at radius 1 is 0.893 bits per heavy atom. The van der Waals surface area contributed by atoms with Gasteiger partial charge in [-0.05, 0) is 42.0 Å². The molecule has 7 heteroatoms. The van der Waals surface area contributed by atoms with Gasteiger partial charge in [0.05, 0.1) is 9.79 Å². The van der Waals surface area contributed by atoms with Crippen molar-refractivity contribution in [2.45, 2.75) is 16.3 Å². The maximum absolute atomic E-state index is 12.9. The van der Waals surface area contributed by atoms with Crippen molar-refractivity contribution in [3.63, 3.8) is 0 Å². The minimum atomic E-state index is -3.89. The minimum absolute atomic E-state index is 0.0406. The molecule has 5 nitrogen and oxygen atoms in total. The quantitative estimate of drug-likeness (QED) is 0.558. The summed E-state index contributed by atoms with van der Waals surface area (Å²) in [5.41, 5.74) is 1.11. The van der Waals surface area contributed by atoms with Crippen molar-refractivity contribution in [3.8, 4) is 0 Å². The van der Waals surface area contributed by atoms with Crippen molar-refractivity contribution in [2.24, 2.45) is 0 Å². The smallest absolute Gasteiger partial charge is 0.251 e. The van der Waals surface area contributed by atoms with Gasteiger partial charge in [0.1, 0.15) is 0 Å². The molecule has 1 aliphatic heterocycles.